The number of nitrogens with one attached hydrogen (secondary N) is 1. The van der Waals surface area contributed by atoms with E-state index in [0.717, 1.165) is 39.0 Å². The van der Waals surface area contributed by atoms with Crippen molar-refractivity contribution in [1.82, 2.24) is 10.2 Å². The third-order valence-corrected chi connectivity index (χ3v) is 5.26. The van der Waals surface area contributed by atoms with Gasteiger partial charge in [-0.15, -0.1) is 0 Å². The van der Waals surface area contributed by atoms with Gasteiger partial charge in [-0.2, -0.15) is 0 Å². The lowest BCUT2D eigenvalue weighted by molar-refractivity contribution is -0.0995. The van der Waals surface area contributed by atoms with Gasteiger partial charge in [-0.05, 0) is 45.4 Å². The van der Waals surface area contributed by atoms with Gasteiger partial charge in [0, 0.05) is 37.6 Å². The van der Waals surface area contributed by atoms with Gasteiger partial charge < -0.3 is 15.3 Å². The van der Waals surface area contributed by atoms with Gasteiger partial charge in [-0.3, -0.25) is 0 Å². The Labute approximate surface area is 131 Å². The number of hydrogen-bond acceptors (Lipinski definition) is 3. The molecule has 0 radical (unpaired) electrons. The van der Waals surface area contributed by atoms with Crippen LogP contribution in [0.15, 0.2) is 0 Å². The molecule has 2 N–H and O–H groups in total. The van der Waals surface area contributed by atoms with Crippen molar-refractivity contribution in [2.45, 2.75) is 77.9 Å². The molecule has 3 nitrogen and oxygen atoms in total. The van der Waals surface area contributed by atoms with E-state index in [1.165, 1.54) is 19.3 Å². The molecule has 124 valence electrons. The van der Waals surface area contributed by atoms with E-state index in [1.54, 1.807) is 0 Å². The molecule has 0 spiro atoms. The van der Waals surface area contributed by atoms with Gasteiger partial charge in [0.2, 0.25) is 0 Å². The Bertz CT molecular complexity index is 348. The van der Waals surface area contributed by atoms with E-state index in [2.05, 4.69) is 44.8 Å². The summed E-state index contributed by atoms with van der Waals surface area (Å²) in [7, 11) is 0. The Morgan fingerprint density at radius 3 is 2.52 bits per heavy atom. The highest BCUT2D eigenvalue weighted by Gasteiger charge is 2.43. The average molecular weight is 296 g/mol. The summed E-state index contributed by atoms with van der Waals surface area (Å²) in [5.74, 6) is 0.506. The number of hydrogen-bond donors (Lipinski definition) is 2. The average Bonchev–Trinajstić information content (AvgIpc) is 2.36. The lowest BCUT2D eigenvalue weighted by Crippen LogP contribution is -2.55. The lowest BCUT2D eigenvalue weighted by atomic mass is 9.71. The van der Waals surface area contributed by atoms with Crippen molar-refractivity contribution in [1.29, 1.82) is 0 Å². The summed E-state index contributed by atoms with van der Waals surface area (Å²) >= 11 is 0. The molecule has 0 amide bonds. The maximum absolute atomic E-state index is 10.8. The molecule has 2 atom stereocenters. The van der Waals surface area contributed by atoms with Crippen LogP contribution in [0.4, 0.5) is 0 Å². The van der Waals surface area contributed by atoms with Gasteiger partial charge in [0.25, 0.3) is 0 Å². The van der Waals surface area contributed by atoms with Crippen LogP contribution in [0, 0.1) is 11.3 Å². The molecule has 2 unspecified atom stereocenters. The van der Waals surface area contributed by atoms with Crippen molar-refractivity contribution >= 4 is 0 Å². The van der Waals surface area contributed by atoms with E-state index in [9.17, 15) is 5.11 Å². The van der Waals surface area contributed by atoms with Gasteiger partial charge in [-0.25, -0.2) is 0 Å². The molecule has 21 heavy (non-hydrogen) atoms. The Balaban J connectivity index is 1.86. The zero-order valence-electron chi connectivity index (χ0n) is 14.8. The highest BCUT2D eigenvalue weighted by Crippen LogP contribution is 2.40. The Hall–Kier alpha value is -0.120. The number of rotatable bonds is 4. The maximum atomic E-state index is 10.8. The fourth-order valence-corrected chi connectivity index (χ4v) is 3.95. The Morgan fingerprint density at radius 2 is 1.86 bits per heavy atom. The van der Waals surface area contributed by atoms with Crippen LogP contribution in [-0.4, -0.2) is 47.3 Å². The van der Waals surface area contributed by atoms with Gasteiger partial charge >= 0.3 is 0 Å². The summed E-state index contributed by atoms with van der Waals surface area (Å²) in [5, 5.41) is 14.4. The minimum atomic E-state index is -0.345. The molecular formula is C18H36N2O. The maximum Gasteiger partial charge on any atom is 0.0700 e. The number of likely N-dealkylation sites (tertiary alicyclic amines) is 1. The molecule has 0 aromatic heterocycles. The van der Waals surface area contributed by atoms with Crippen LogP contribution in [0.2, 0.25) is 0 Å². The van der Waals surface area contributed by atoms with Crippen molar-refractivity contribution in [3.05, 3.63) is 0 Å². The number of fused-ring (bicyclic) bond motifs is 1. The summed E-state index contributed by atoms with van der Waals surface area (Å²) < 4.78 is 0. The highest BCUT2D eigenvalue weighted by atomic mass is 16.3. The molecule has 1 aliphatic heterocycles. The molecule has 1 aliphatic carbocycles. The summed E-state index contributed by atoms with van der Waals surface area (Å²) in [5.41, 5.74) is 0.114. The minimum Gasteiger partial charge on any atom is -0.390 e. The van der Waals surface area contributed by atoms with Crippen LogP contribution >= 0.6 is 0 Å². The minimum absolute atomic E-state index is 0.183. The third kappa shape index (κ3) is 4.94. The molecule has 0 bridgehead atoms. The van der Waals surface area contributed by atoms with Gasteiger partial charge in [0.1, 0.15) is 0 Å². The summed E-state index contributed by atoms with van der Waals surface area (Å²) in [6, 6.07) is 0. The molecule has 2 rings (SSSR count). The van der Waals surface area contributed by atoms with Crippen molar-refractivity contribution in [3.63, 3.8) is 0 Å². The topological polar surface area (TPSA) is 35.5 Å². The largest absolute Gasteiger partial charge is 0.390 e. The van der Waals surface area contributed by atoms with Crippen LogP contribution in [0.25, 0.3) is 0 Å². The van der Waals surface area contributed by atoms with Crippen molar-refractivity contribution in [2.24, 2.45) is 11.3 Å². The molecule has 0 aromatic rings. The molecular weight excluding hydrogens is 260 g/mol. The van der Waals surface area contributed by atoms with Gasteiger partial charge in [0.05, 0.1) is 5.60 Å². The van der Waals surface area contributed by atoms with Crippen molar-refractivity contribution in [3.8, 4) is 0 Å². The zero-order valence-corrected chi connectivity index (χ0v) is 14.8. The molecule has 1 saturated carbocycles. The first-order valence-electron chi connectivity index (χ1n) is 8.80. The standard InChI is InChI=1S/C18H36N2O/c1-16(2,3)19-13-17(4,5)14-20-11-10-18(21)9-7-6-8-15(18)12-20/h15,19,21H,6-14H2,1-5H3. The van der Waals surface area contributed by atoms with Crippen molar-refractivity contribution < 1.29 is 5.11 Å². The number of aliphatic hydroxyl groups is 1. The molecule has 2 aliphatic rings. The van der Waals surface area contributed by atoms with Crippen LogP contribution in [0.5, 0.6) is 0 Å². The molecule has 1 heterocycles. The SMILES string of the molecule is CC(C)(CNC(C)(C)C)CN1CCC2(O)CCCCC2C1. The fourth-order valence-electron chi connectivity index (χ4n) is 3.95. The van der Waals surface area contributed by atoms with Crippen LogP contribution < -0.4 is 5.32 Å². The highest BCUT2D eigenvalue weighted by molar-refractivity contribution is 4.96. The predicted octanol–water partition coefficient (Wildman–Crippen LogP) is 3.03. The second kappa shape index (κ2) is 6.17. The molecule has 3 heteroatoms. The first kappa shape index (κ1) is 17.2. The predicted molar refractivity (Wildman–Crippen MR) is 89.5 cm³/mol. The number of nitrogens with zero attached hydrogens (tertiary/aromatic N) is 1. The quantitative estimate of drug-likeness (QED) is 0.837. The lowest BCUT2D eigenvalue weighted by Gasteiger charge is -2.49. The van der Waals surface area contributed by atoms with Crippen molar-refractivity contribution in [2.75, 3.05) is 26.2 Å². The van der Waals surface area contributed by atoms with E-state index < -0.39 is 0 Å². The molecule has 1 saturated heterocycles. The van der Waals surface area contributed by atoms with Gasteiger partial charge in [-0.1, -0.05) is 26.7 Å². The normalized spacial score (nSPS) is 32.0. The van der Waals surface area contributed by atoms with Crippen LogP contribution in [0.3, 0.4) is 0 Å². The Morgan fingerprint density at radius 1 is 1.14 bits per heavy atom. The molecule has 0 aromatic carbocycles. The first-order chi connectivity index (χ1) is 9.60. The monoisotopic (exact) mass is 296 g/mol. The first-order valence-corrected chi connectivity index (χ1v) is 8.80. The Kier molecular flexibility index (Phi) is 5.07. The zero-order chi connectivity index (χ0) is 15.7. The molecule has 2 fully saturated rings. The fraction of sp³-hybridized carbons (Fsp3) is 1.00. The number of piperidine rings is 1. The second-order valence-electron chi connectivity index (χ2n) is 9.30. The van der Waals surface area contributed by atoms with E-state index >= 15 is 0 Å². The summed E-state index contributed by atoms with van der Waals surface area (Å²) in [4.78, 5) is 2.59. The van der Waals surface area contributed by atoms with Crippen LogP contribution in [0.1, 0.15) is 66.7 Å². The smallest absolute Gasteiger partial charge is 0.0700 e. The summed E-state index contributed by atoms with van der Waals surface area (Å²) in [6.45, 7) is 15.7. The van der Waals surface area contributed by atoms with E-state index in [-0.39, 0.29) is 16.6 Å². The second-order valence-corrected chi connectivity index (χ2v) is 9.30. The van der Waals surface area contributed by atoms with E-state index in [0.29, 0.717) is 5.92 Å². The summed E-state index contributed by atoms with van der Waals surface area (Å²) in [6.07, 6.45) is 5.73. The third-order valence-electron chi connectivity index (χ3n) is 5.26. The van der Waals surface area contributed by atoms with E-state index in [1.807, 2.05) is 0 Å². The van der Waals surface area contributed by atoms with Crippen LogP contribution in [-0.2, 0) is 0 Å². The van der Waals surface area contributed by atoms with E-state index in [4.69, 9.17) is 0 Å². The van der Waals surface area contributed by atoms with Gasteiger partial charge in [0.15, 0.2) is 0 Å².